The third-order valence-electron chi connectivity index (χ3n) is 6.02. The fourth-order valence-corrected chi connectivity index (χ4v) is 4.83. The average molecular weight is 347 g/mol. The highest BCUT2D eigenvalue weighted by molar-refractivity contribution is 5.89. The number of ether oxygens (including phenoxy) is 2. The van der Waals surface area contributed by atoms with E-state index in [2.05, 4.69) is 11.1 Å². The number of hydrogen-bond donors (Lipinski definition) is 1. The molecule has 2 bridgehead atoms. The first kappa shape index (κ1) is 16.5. The fourth-order valence-electron chi connectivity index (χ4n) is 4.83. The molecule has 2 saturated heterocycles. The molecular weight excluding hydrogens is 330 g/mol. The minimum Gasteiger partial charge on any atom is -0.447 e. The lowest BCUT2D eigenvalue weighted by Crippen LogP contribution is -2.59. The summed E-state index contributed by atoms with van der Waals surface area (Å²) in [7, 11) is 0. The molecular formula is C19H17N5O2. The highest BCUT2D eigenvalue weighted by Crippen LogP contribution is 2.68. The number of nitrogens with zero attached hydrogens (tertiary/aromatic N) is 4. The van der Waals surface area contributed by atoms with Gasteiger partial charge >= 0.3 is 0 Å². The van der Waals surface area contributed by atoms with Crippen LogP contribution in [0.25, 0.3) is 0 Å². The topological polar surface area (TPSA) is 127 Å². The maximum atomic E-state index is 10.2. The molecule has 2 aliphatic heterocycles. The van der Waals surface area contributed by atoms with Crippen molar-refractivity contribution in [2.75, 3.05) is 0 Å². The van der Waals surface area contributed by atoms with Crippen molar-refractivity contribution >= 4 is 5.90 Å². The summed E-state index contributed by atoms with van der Waals surface area (Å²) < 4.78 is 12.2. The van der Waals surface area contributed by atoms with Crippen molar-refractivity contribution in [2.45, 2.75) is 44.0 Å². The number of hydrogen-bond acceptors (Lipinski definition) is 7. The second-order valence-electron chi connectivity index (χ2n) is 7.10. The Labute approximate surface area is 151 Å². The number of nitrogens with one attached hydrogen (secondary N) is 1. The van der Waals surface area contributed by atoms with E-state index in [-0.39, 0.29) is 5.90 Å². The zero-order valence-corrected chi connectivity index (χ0v) is 14.1. The van der Waals surface area contributed by atoms with Crippen LogP contribution in [0.1, 0.15) is 43.9 Å². The van der Waals surface area contributed by atoms with E-state index in [9.17, 15) is 15.8 Å². The SMILES string of the molecule is N#CC1(C#N)[C@@H](c2ccccn2)O[C@@]23CCCCC[C@@H]2[C@]1(C#N)C(=N)O3. The number of rotatable bonds is 1. The van der Waals surface area contributed by atoms with Crippen molar-refractivity contribution in [3.63, 3.8) is 0 Å². The molecule has 0 unspecified atom stereocenters. The van der Waals surface area contributed by atoms with Crippen LogP contribution in [0.15, 0.2) is 24.4 Å². The van der Waals surface area contributed by atoms with Crippen LogP contribution < -0.4 is 0 Å². The summed E-state index contributed by atoms with van der Waals surface area (Å²) in [5.74, 6) is -1.99. The third-order valence-corrected chi connectivity index (χ3v) is 6.02. The summed E-state index contributed by atoms with van der Waals surface area (Å²) in [5, 5.41) is 38.8. The first-order chi connectivity index (χ1) is 12.6. The van der Waals surface area contributed by atoms with Crippen molar-refractivity contribution in [1.82, 2.24) is 4.98 Å². The van der Waals surface area contributed by atoms with Gasteiger partial charge in [0.15, 0.2) is 5.41 Å². The van der Waals surface area contributed by atoms with Crippen LogP contribution in [-0.2, 0) is 9.47 Å². The van der Waals surface area contributed by atoms with Crippen LogP contribution in [0.3, 0.4) is 0 Å². The van der Waals surface area contributed by atoms with E-state index in [1.165, 1.54) is 0 Å². The molecule has 0 radical (unpaired) electrons. The molecule has 1 aromatic heterocycles. The Hall–Kier alpha value is -2.95. The van der Waals surface area contributed by atoms with Crippen LogP contribution in [0, 0.1) is 56.2 Å². The van der Waals surface area contributed by atoms with E-state index in [0.717, 1.165) is 19.3 Å². The molecule has 0 amide bonds. The van der Waals surface area contributed by atoms with Crippen LogP contribution in [0.4, 0.5) is 0 Å². The Morgan fingerprint density at radius 1 is 1.12 bits per heavy atom. The molecule has 3 aliphatic rings. The lowest BCUT2D eigenvalue weighted by atomic mass is 9.53. The van der Waals surface area contributed by atoms with Crippen molar-refractivity contribution in [3.8, 4) is 18.2 Å². The molecule has 7 heteroatoms. The minimum atomic E-state index is -1.90. The zero-order valence-electron chi connectivity index (χ0n) is 14.1. The van der Waals surface area contributed by atoms with Gasteiger partial charge in [-0.15, -0.1) is 0 Å². The normalized spacial score (nSPS) is 37.2. The molecule has 7 nitrogen and oxygen atoms in total. The fraction of sp³-hybridized carbons (Fsp3) is 0.526. The molecule has 1 aliphatic carbocycles. The van der Waals surface area contributed by atoms with E-state index in [1.54, 1.807) is 24.4 Å². The van der Waals surface area contributed by atoms with Gasteiger partial charge in [0.1, 0.15) is 6.10 Å². The Balaban J connectivity index is 2.01. The van der Waals surface area contributed by atoms with Gasteiger partial charge in [0, 0.05) is 12.6 Å². The lowest BCUT2D eigenvalue weighted by Gasteiger charge is -2.49. The quantitative estimate of drug-likeness (QED) is 0.832. The van der Waals surface area contributed by atoms with Gasteiger partial charge in [-0.25, -0.2) is 0 Å². The maximum Gasteiger partial charge on any atom is 0.217 e. The Morgan fingerprint density at radius 3 is 2.58 bits per heavy atom. The Bertz CT molecular complexity index is 866. The second-order valence-corrected chi connectivity index (χ2v) is 7.10. The van der Waals surface area contributed by atoms with Gasteiger partial charge in [-0.1, -0.05) is 18.9 Å². The average Bonchev–Trinajstić information content (AvgIpc) is 2.81. The molecule has 0 spiro atoms. The molecule has 1 aromatic rings. The predicted molar refractivity (Wildman–Crippen MR) is 87.9 cm³/mol. The maximum absolute atomic E-state index is 10.2. The predicted octanol–water partition coefficient (Wildman–Crippen LogP) is 2.98. The molecule has 0 aromatic carbocycles. The smallest absolute Gasteiger partial charge is 0.217 e. The van der Waals surface area contributed by atoms with Gasteiger partial charge in [-0.3, -0.25) is 10.4 Å². The highest BCUT2D eigenvalue weighted by Gasteiger charge is 2.80. The summed E-state index contributed by atoms with van der Waals surface area (Å²) in [6.07, 6.45) is 4.25. The first-order valence-corrected chi connectivity index (χ1v) is 8.71. The van der Waals surface area contributed by atoms with E-state index < -0.39 is 28.6 Å². The molecule has 3 heterocycles. The Morgan fingerprint density at radius 2 is 1.92 bits per heavy atom. The number of aromatic nitrogens is 1. The van der Waals surface area contributed by atoms with E-state index in [0.29, 0.717) is 18.5 Å². The van der Waals surface area contributed by atoms with Gasteiger partial charge in [-0.2, -0.15) is 15.8 Å². The minimum absolute atomic E-state index is 0.326. The summed E-state index contributed by atoms with van der Waals surface area (Å²) in [4.78, 5) is 4.28. The number of pyridine rings is 1. The molecule has 3 fully saturated rings. The summed E-state index contributed by atoms with van der Waals surface area (Å²) >= 11 is 0. The van der Waals surface area contributed by atoms with Crippen molar-refractivity contribution in [3.05, 3.63) is 30.1 Å². The molecule has 26 heavy (non-hydrogen) atoms. The standard InChI is InChI=1S/C19H17N5O2/c20-10-17(11-21)15(13-6-3-5-9-24-13)25-19-8-4-1-2-7-14(19)18(17,12-22)16(23)26-19/h3,5-6,9,14-15,23H,1-2,4,7-8H2/t14-,15-,18-,19-/m1/s1. The zero-order chi connectivity index (χ0) is 18.4. The van der Waals surface area contributed by atoms with E-state index in [1.807, 2.05) is 12.1 Å². The Kier molecular flexibility index (Phi) is 3.51. The van der Waals surface area contributed by atoms with Gasteiger partial charge < -0.3 is 9.47 Å². The van der Waals surface area contributed by atoms with Gasteiger partial charge in [0.25, 0.3) is 0 Å². The largest absolute Gasteiger partial charge is 0.447 e. The van der Waals surface area contributed by atoms with Gasteiger partial charge in [-0.05, 0) is 25.0 Å². The van der Waals surface area contributed by atoms with Crippen LogP contribution >= 0.6 is 0 Å². The van der Waals surface area contributed by atoms with Crippen LogP contribution in [0.2, 0.25) is 0 Å². The van der Waals surface area contributed by atoms with E-state index in [4.69, 9.17) is 14.9 Å². The van der Waals surface area contributed by atoms with E-state index >= 15 is 0 Å². The third kappa shape index (κ3) is 1.72. The first-order valence-electron chi connectivity index (χ1n) is 8.71. The molecule has 130 valence electrons. The molecule has 1 saturated carbocycles. The monoisotopic (exact) mass is 347 g/mol. The van der Waals surface area contributed by atoms with Crippen molar-refractivity contribution in [2.24, 2.45) is 16.7 Å². The highest BCUT2D eigenvalue weighted by atomic mass is 16.7. The number of nitriles is 3. The molecule has 4 rings (SSSR count). The summed E-state index contributed by atoms with van der Waals surface area (Å²) in [5.41, 5.74) is -3.17. The second kappa shape index (κ2) is 5.53. The van der Waals surface area contributed by atoms with Crippen LogP contribution in [0.5, 0.6) is 0 Å². The molecule has 1 N–H and O–H groups in total. The van der Waals surface area contributed by atoms with Crippen LogP contribution in [-0.4, -0.2) is 16.7 Å². The van der Waals surface area contributed by atoms with Gasteiger partial charge in [0.2, 0.25) is 17.1 Å². The summed E-state index contributed by atoms with van der Waals surface area (Å²) in [6, 6.07) is 11.4. The lowest BCUT2D eigenvalue weighted by molar-refractivity contribution is -0.285. The van der Waals surface area contributed by atoms with Crippen molar-refractivity contribution in [1.29, 1.82) is 21.2 Å². The van der Waals surface area contributed by atoms with Crippen molar-refractivity contribution < 1.29 is 9.47 Å². The summed E-state index contributed by atoms with van der Waals surface area (Å²) in [6.45, 7) is 0. The molecule has 4 atom stereocenters. The van der Waals surface area contributed by atoms with Gasteiger partial charge in [0.05, 0.1) is 29.8 Å².